The van der Waals surface area contributed by atoms with Gasteiger partial charge < -0.3 is 15.3 Å². The SMILES string of the molecule is CC(C)c1nc2ccc(NC(=O)Cn3c(=O)[nH]c4ccccc43)cc2[nH]1. The van der Waals surface area contributed by atoms with Crippen LogP contribution in [0.3, 0.4) is 0 Å². The maximum Gasteiger partial charge on any atom is 0.326 e. The summed E-state index contributed by atoms with van der Waals surface area (Å²) in [7, 11) is 0. The first-order chi connectivity index (χ1) is 12.5. The summed E-state index contributed by atoms with van der Waals surface area (Å²) >= 11 is 0. The molecule has 0 fully saturated rings. The van der Waals surface area contributed by atoms with Gasteiger partial charge in [0, 0.05) is 11.6 Å². The predicted octanol–water partition coefficient (Wildman–Crippen LogP) is 2.97. The maximum atomic E-state index is 12.4. The minimum atomic E-state index is -0.299. The molecule has 2 aromatic carbocycles. The molecule has 7 nitrogen and oxygen atoms in total. The van der Waals surface area contributed by atoms with Crippen LogP contribution < -0.4 is 11.0 Å². The van der Waals surface area contributed by atoms with Gasteiger partial charge in [-0.2, -0.15) is 0 Å². The van der Waals surface area contributed by atoms with Gasteiger partial charge in [0.25, 0.3) is 0 Å². The Morgan fingerprint density at radius 3 is 2.77 bits per heavy atom. The van der Waals surface area contributed by atoms with Gasteiger partial charge in [0.1, 0.15) is 12.4 Å². The van der Waals surface area contributed by atoms with Crippen LogP contribution in [0.15, 0.2) is 47.3 Å². The molecule has 132 valence electrons. The first-order valence-corrected chi connectivity index (χ1v) is 8.48. The van der Waals surface area contributed by atoms with E-state index in [1.807, 2.05) is 42.5 Å². The number of hydrogen-bond acceptors (Lipinski definition) is 3. The van der Waals surface area contributed by atoms with Crippen LogP contribution in [0.4, 0.5) is 5.69 Å². The lowest BCUT2D eigenvalue weighted by Crippen LogP contribution is -2.25. The van der Waals surface area contributed by atoms with Crippen LogP contribution in [0.1, 0.15) is 25.6 Å². The average molecular weight is 349 g/mol. The van der Waals surface area contributed by atoms with Crippen LogP contribution in [0, 0.1) is 0 Å². The zero-order valence-electron chi connectivity index (χ0n) is 14.5. The average Bonchev–Trinajstić information content (AvgIpc) is 3.16. The summed E-state index contributed by atoms with van der Waals surface area (Å²) in [5, 5.41) is 2.84. The number of H-pyrrole nitrogens is 2. The van der Waals surface area contributed by atoms with E-state index >= 15 is 0 Å². The third-order valence-electron chi connectivity index (χ3n) is 4.31. The number of para-hydroxylation sites is 2. The second kappa shape index (κ2) is 6.18. The zero-order valence-corrected chi connectivity index (χ0v) is 14.5. The van der Waals surface area contributed by atoms with Crippen molar-refractivity contribution in [2.45, 2.75) is 26.3 Å². The maximum absolute atomic E-state index is 12.4. The molecule has 26 heavy (non-hydrogen) atoms. The van der Waals surface area contributed by atoms with Gasteiger partial charge in [-0.05, 0) is 30.3 Å². The number of carbonyl (C=O) groups excluding carboxylic acids is 1. The van der Waals surface area contributed by atoms with Crippen LogP contribution in [0.5, 0.6) is 0 Å². The molecule has 0 aliphatic rings. The highest BCUT2D eigenvalue weighted by Crippen LogP contribution is 2.20. The number of nitrogens with zero attached hydrogens (tertiary/aromatic N) is 2. The molecule has 3 N–H and O–H groups in total. The highest BCUT2D eigenvalue weighted by atomic mass is 16.2. The van der Waals surface area contributed by atoms with E-state index < -0.39 is 0 Å². The number of benzene rings is 2. The van der Waals surface area contributed by atoms with Crippen molar-refractivity contribution < 1.29 is 4.79 Å². The number of aromatic amines is 2. The molecule has 0 aliphatic carbocycles. The van der Waals surface area contributed by atoms with Crippen LogP contribution in [0.2, 0.25) is 0 Å². The van der Waals surface area contributed by atoms with Crippen LogP contribution in [-0.2, 0) is 11.3 Å². The molecule has 0 unspecified atom stereocenters. The Bertz CT molecular complexity index is 1170. The highest BCUT2D eigenvalue weighted by molar-refractivity contribution is 5.93. The van der Waals surface area contributed by atoms with Crippen molar-refractivity contribution in [2.75, 3.05) is 5.32 Å². The number of imidazole rings is 2. The Morgan fingerprint density at radius 2 is 1.96 bits per heavy atom. The summed E-state index contributed by atoms with van der Waals surface area (Å²) in [6.45, 7) is 4.08. The molecule has 0 saturated heterocycles. The summed E-state index contributed by atoms with van der Waals surface area (Å²) in [6, 6.07) is 12.8. The number of carbonyl (C=O) groups is 1. The zero-order chi connectivity index (χ0) is 18.3. The van der Waals surface area contributed by atoms with E-state index in [0.29, 0.717) is 22.6 Å². The number of aromatic nitrogens is 4. The molecule has 4 aromatic rings. The Labute approximate surface area is 149 Å². The fraction of sp³-hybridized carbons (Fsp3) is 0.211. The number of hydrogen-bond donors (Lipinski definition) is 3. The molecule has 2 aromatic heterocycles. The van der Waals surface area contributed by atoms with Crippen LogP contribution in [0.25, 0.3) is 22.1 Å². The predicted molar refractivity (Wildman–Crippen MR) is 101 cm³/mol. The molecule has 0 atom stereocenters. The van der Waals surface area contributed by atoms with Gasteiger partial charge in [0.05, 0.1) is 22.1 Å². The molecule has 0 aliphatic heterocycles. The van der Waals surface area contributed by atoms with E-state index in [-0.39, 0.29) is 18.1 Å². The number of anilines is 1. The third-order valence-corrected chi connectivity index (χ3v) is 4.31. The molecule has 2 heterocycles. The van der Waals surface area contributed by atoms with Gasteiger partial charge >= 0.3 is 5.69 Å². The summed E-state index contributed by atoms with van der Waals surface area (Å²) in [4.78, 5) is 35.0. The first kappa shape index (κ1) is 16.1. The van der Waals surface area contributed by atoms with E-state index in [1.54, 1.807) is 0 Å². The fourth-order valence-electron chi connectivity index (χ4n) is 2.99. The smallest absolute Gasteiger partial charge is 0.326 e. The topological polar surface area (TPSA) is 95.6 Å². The Hall–Kier alpha value is -3.35. The normalized spacial score (nSPS) is 11.5. The lowest BCUT2D eigenvalue weighted by Gasteiger charge is -2.06. The van der Waals surface area contributed by atoms with Crippen molar-refractivity contribution in [1.29, 1.82) is 0 Å². The molecule has 0 radical (unpaired) electrons. The largest absolute Gasteiger partial charge is 0.342 e. The molecular weight excluding hydrogens is 330 g/mol. The summed E-state index contributed by atoms with van der Waals surface area (Å²) in [5.41, 5.74) is 3.51. The van der Waals surface area contributed by atoms with Gasteiger partial charge in [0.15, 0.2) is 0 Å². The first-order valence-electron chi connectivity index (χ1n) is 8.48. The van der Waals surface area contributed by atoms with E-state index in [2.05, 4.69) is 34.1 Å². The van der Waals surface area contributed by atoms with Gasteiger partial charge in [-0.25, -0.2) is 9.78 Å². The molecular formula is C19H19N5O2. The van der Waals surface area contributed by atoms with Crippen molar-refractivity contribution in [1.82, 2.24) is 19.5 Å². The third kappa shape index (κ3) is 2.88. The minimum absolute atomic E-state index is 0.0545. The number of amides is 1. The van der Waals surface area contributed by atoms with Crippen molar-refractivity contribution in [2.24, 2.45) is 0 Å². The quantitative estimate of drug-likeness (QED) is 0.528. The lowest BCUT2D eigenvalue weighted by atomic mass is 10.2. The van der Waals surface area contributed by atoms with Crippen molar-refractivity contribution in [3.63, 3.8) is 0 Å². The molecule has 0 saturated carbocycles. The van der Waals surface area contributed by atoms with E-state index in [4.69, 9.17) is 0 Å². The van der Waals surface area contributed by atoms with Gasteiger partial charge in [-0.15, -0.1) is 0 Å². The highest BCUT2D eigenvalue weighted by Gasteiger charge is 2.12. The van der Waals surface area contributed by atoms with E-state index in [9.17, 15) is 9.59 Å². The van der Waals surface area contributed by atoms with Crippen LogP contribution in [-0.4, -0.2) is 25.4 Å². The van der Waals surface area contributed by atoms with Gasteiger partial charge in [-0.1, -0.05) is 26.0 Å². The summed E-state index contributed by atoms with van der Waals surface area (Å²) < 4.78 is 1.43. The Kier molecular flexibility index (Phi) is 3.84. The fourth-order valence-corrected chi connectivity index (χ4v) is 2.99. The Morgan fingerprint density at radius 1 is 1.15 bits per heavy atom. The molecule has 0 bridgehead atoms. The van der Waals surface area contributed by atoms with Gasteiger partial charge in [-0.3, -0.25) is 9.36 Å². The molecule has 7 heteroatoms. The van der Waals surface area contributed by atoms with Crippen molar-refractivity contribution in [3.05, 3.63) is 58.8 Å². The van der Waals surface area contributed by atoms with E-state index in [1.165, 1.54) is 4.57 Å². The number of nitrogens with one attached hydrogen (secondary N) is 3. The minimum Gasteiger partial charge on any atom is -0.342 e. The molecule has 4 rings (SSSR count). The Balaban J connectivity index is 1.57. The lowest BCUT2D eigenvalue weighted by molar-refractivity contribution is -0.116. The second-order valence-electron chi connectivity index (χ2n) is 6.59. The van der Waals surface area contributed by atoms with Crippen molar-refractivity contribution in [3.8, 4) is 0 Å². The van der Waals surface area contributed by atoms with E-state index in [0.717, 1.165) is 16.9 Å². The standard InChI is InChI=1S/C19H19N5O2/c1-11(2)18-21-13-8-7-12(9-15(13)22-18)20-17(25)10-24-16-6-4-3-5-14(16)23-19(24)26/h3-9,11H,10H2,1-2H3,(H,20,25)(H,21,22)(H,23,26). The molecule has 1 amide bonds. The summed E-state index contributed by atoms with van der Waals surface area (Å²) in [5.74, 6) is 0.947. The number of fused-ring (bicyclic) bond motifs is 2. The second-order valence-corrected chi connectivity index (χ2v) is 6.59. The van der Waals surface area contributed by atoms with Gasteiger partial charge in [0.2, 0.25) is 5.91 Å². The summed E-state index contributed by atoms with van der Waals surface area (Å²) in [6.07, 6.45) is 0. The monoisotopic (exact) mass is 349 g/mol. The molecule has 0 spiro atoms. The number of rotatable bonds is 4. The van der Waals surface area contributed by atoms with Crippen LogP contribution >= 0.6 is 0 Å². The van der Waals surface area contributed by atoms with Crippen molar-refractivity contribution >= 4 is 33.7 Å².